The van der Waals surface area contributed by atoms with Crippen LogP contribution in [0.4, 0.5) is 17.3 Å². The van der Waals surface area contributed by atoms with Gasteiger partial charge in [0.25, 0.3) is 11.6 Å². The first-order valence-corrected chi connectivity index (χ1v) is 5.93. The molecule has 1 aromatic heterocycles. The molecule has 1 heterocycles. The van der Waals surface area contributed by atoms with Crippen molar-refractivity contribution in [2.75, 3.05) is 10.7 Å². The molecule has 0 aliphatic heterocycles. The number of rotatable bonds is 4. The maximum Gasteiger partial charge on any atom is 0.293 e. The summed E-state index contributed by atoms with van der Waals surface area (Å²) in [7, 11) is 0. The van der Waals surface area contributed by atoms with Crippen molar-refractivity contribution < 1.29 is 14.2 Å². The minimum atomic E-state index is -0.596. The zero-order chi connectivity index (χ0) is 15.6. The highest BCUT2D eigenvalue weighted by Gasteiger charge is 2.18. The number of nitro benzene ring substituents is 1. The van der Waals surface area contributed by atoms with Gasteiger partial charge in [-0.3, -0.25) is 26.1 Å². The fraction of sp³-hybridized carbons (Fsp3) is 0.167. The van der Waals surface area contributed by atoms with Crippen LogP contribution >= 0.6 is 0 Å². The van der Waals surface area contributed by atoms with Crippen molar-refractivity contribution in [1.29, 1.82) is 0 Å². The minimum Gasteiger partial charge on any atom is -0.338 e. The van der Waals surface area contributed by atoms with E-state index in [1.807, 2.05) is 0 Å². The van der Waals surface area contributed by atoms with Gasteiger partial charge in [0.1, 0.15) is 5.69 Å². The van der Waals surface area contributed by atoms with Gasteiger partial charge in [-0.05, 0) is 26.0 Å². The molecule has 2 rings (SSSR count). The number of nitrogens with one attached hydrogen (secondary N) is 2. The largest absolute Gasteiger partial charge is 0.338 e. The lowest BCUT2D eigenvalue weighted by Gasteiger charge is -2.06. The quantitative estimate of drug-likeness (QED) is 0.443. The van der Waals surface area contributed by atoms with Crippen LogP contribution in [0.2, 0.25) is 0 Å². The average molecular weight is 291 g/mol. The number of amides is 1. The van der Waals surface area contributed by atoms with Crippen LogP contribution in [0.5, 0.6) is 0 Å². The zero-order valence-corrected chi connectivity index (χ0v) is 11.3. The summed E-state index contributed by atoms with van der Waals surface area (Å²) in [4.78, 5) is 22.3. The van der Waals surface area contributed by atoms with Gasteiger partial charge in [0.2, 0.25) is 5.88 Å². The third-order valence-electron chi connectivity index (χ3n) is 3.00. The predicted molar refractivity (Wildman–Crippen MR) is 74.8 cm³/mol. The van der Waals surface area contributed by atoms with Crippen LogP contribution in [0.25, 0.3) is 0 Å². The highest BCUT2D eigenvalue weighted by Crippen LogP contribution is 2.25. The molecule has 9 nitrogen and oxygen atoms in total. The molecular formula is C12H13N5O4. The van der Waals surface area contributed by atoms with Crippen molar-refractivity contribution in [3.8, 4) is 0 Å². The van der Waals surface area contributed by atoms with Crippen LogP contribution in [-0.4, -0.2) is 16.0 Å². The van der Waals surface area contributed by atoms with E-state index in [9.17, 15) is 14.9 Å². The van der Waals surface area contributed by atoms with Gasteiger partial charge in [-0.2, -0.15) is 0 Å². The molecule has 0 saturated heterocycles. The summed E-state index contributed by atoms with van der Waals surface area (Å²) in [6.45, 7) is 3.50. The van der Waals surface area contributed by atoms with E-state index in [1.165, 1.54) is 18.2 Å². The lowest BCUT2D eigenvalue weighted by molar-refractivity contribution is -0.384. The Labute approximate surface area is 119 Å². The Morgan fingerprint density at radius 2 is 2.14 bits per heavy atom. The van der Waals surface area contributed by atoms with E-state index in [1.54, 1.807) is 13.8 Å². The van der Waals surface area contributed by atoms with E-state index in [2.05, 4.69) is 15.9 Å². The number of nitrogens with zero attached hydrogens (tertiary/aromatic N) is 2. The molecule has 9 heteroatoms. The van der Waals surface area contributed by atoms with Gasteiger partial charge in [0, 0.05) is 17.2 Å². The average Bonchev–Trinajstić information content (AvgIpc) is 2.78. The maximum absolute atomic E-state index is 12.1. The first-order valence-electron chi connectivity index (χ1n) is 5.93. The van der Waals surface area contributed by atoms with Crippen molar-refractivity contribution in [3.63, 3.8) is 0 Å². The third-order valence-corrected chi connectivity index (χ3v) is 3.00. The van der Waals surface area contributed by atoms with E-state index in [-0.39, 0.29) is 22.8 Å². The number of hydrogen-bond donors (Lipinski definition) is 3. The number of hydrogen-bond acceptors (Lipinski definition) is 7. The Morgan fingerprint density at radius 3 is 2.67 bits per heavy atom. The minimum absolute atomic E-state index is 0.0399. The summed E-state index contributed by atoms with van der Waals surface area (Å²) >= 11 is 0. The molecule has 2 aromatic rings. The van der Waals surface area contributed by atoms with E-state index in [0.717, 1.165) is 0 Å². The normalized spacial score (nSPS) is 10.2. The molecular weight excluding hydrogens is 278 g/mol. The van der Waals surface area contributed by atoms with Crippen LogP contribution in [0.3, 0.4) is 0 Å². The van der Waals surface area contributed by atoms with E-state index in [0.29, 0.717) is 11.3 Å². The van der Waals surface area contributed by atoms with Gasteiger partial charge < -0.3 is 9.95 Å². The first kappa shape index (κ1) is 14.5. The lowest BCUT2D eigenvalue weighted by atomic mass is 10.1. The summed E-state index contributed by atoms with van der Waals surface area (Å²) in [5.41, 5.74) is 3.58. The van der Waals surface area contributed by atoms with Gasteiger partial charge in [0.05, 0.1) is 10.6 Å². The molecule has 0 unspecified atom stereocenters. The molecule has 0 saturated carbocycles. The first-order chi connectivity index (χ1) is 9.93. The molecule has 110 valence electrons. The van der Waals surface area contributed by atoms with Crippen molar-refractivity contribution in [2.24, 2.45) is 5.84 Å². The van der Waals surface area contributed by atoms with Gasteiger partial charge >= 0.3 is 0 Å². The number of nitrogens with two attached hydrogens (primary N) is 1. The van der Waals surface area contributed by atoms with Crippen LogP contribution in [0.1, 0.15) is 21.6 Å². The molecule has 0 radical (unpaired) electrons. The van der Waals surface area contributed by atoms with Gasteiger partial charge in [-0.25, -0.2) is 0 Å². The van der Waals surface area contributed by atoms with Crippen molar-refractivity contribution in [1.82, 2.24) is 5.16 Å². The molecule has 0 spiro atoms. The molecule has 1 amide bonds. The summed E-state index contributed by atoms with van der Waals surface area (Å²) in [5.74, 6) is 4.97. The number of aromatic nitrogens is 1. The second kappa shape index (κ2) is 5.59. The fourth-order valence-corrected chi connectivity index (χ4v) is 1.66. The smallest absolute Gasteiger partial charge is 0.293 e. The van der Waals surface area contributed by atoms with Crippen molar-refractivity contribution in [3.05, 3.63) is 45.1 Å². The number of carbonyl (C=O) groups excluding carboxylic acids is 1. The number of nitrogen functional groups attached to an aromatic ring is 1. The number of carbonyl (C=O) groups is 1. The monoisotopic (exact) mass is 291 g/mol. The molecule has 0 aliphatic carbocycles. The number of nitro groups is 1. The van der Waals surface area contributed by atoms with Crippen LogP contribution < -0.4 is 16.6 Å². The highest BCUT2D eigenvalue weighted by atomic mass is 16.6. The maximum atomic E-state index is 12.1. The topological polar surface area (TPSA) is 136 Å². The molecule has 1 aromatic carbocycles. The second-order valence-corrected chi connectivity index (χ2v) is 4.31. The number of benzene rings is 1. The van der Waals surface area contributed by atoms with Crippen LogP contribution in [-0.2, 0) is 0 Å². The number of anilines is 2. The van der Waals surface area contributed by atoms with Crippen molar-refractivity contribution >= 4 is 23.2 Å². The van der Waals surface area contributed by atoms with E-state index < -0.39 is 10.8 Å². The molecule has 0 aliphatic rings. The SMILES string of the molecule is Cc1noc(NC(=O)c2ccc([N+](=O)[O-])c(NN)c2)c1C. The Morgan fingerprint density at radius 1 is 1.43 bits per heavy atom. The fourth-order valence-electron chi connectivity index (χ4n) is 1.66. The van der Waals surface area contributed by atoms with Gasteiger partial charge in [0.15, 0.2) is 0 Å². The Balaban J connectivity index is 2.27. The summed E-state index contributed by atoms with van der Waals surface area (Å²) in [5, 5.41) is 17.0. The molecule has 0 atom stereocenters. The number of aryl methyl sites for hydroxylation is 1. The summed E-state index contributed by atoms with van der Waals surface area (Å²) in [6.07, 6.45) is 0. The standard InChI is InChI=1S/C12H13N5O4/c1-6-7(2)16-21-12(6)14-11(18)8-3-4-10(17(19)20)9(5-8)15-13/h3-5,15H,13H2,1-2H3,(H,14,18). The van der Waals surface area contributed by atoms with Gasteiger partial charge in [-0.15, -0.1) is 0 Å². The molecule has 21 heavy (non-hydrogen) atoms. The third kappa shape index (κ3) is 2.82. The van der Waals surface area contributed by atoms with E-state index >= 15 is 0 Å². The molecule has 0 bridgehead atoms. The van der Waals surface area contributed by atoms with Crippen LogP contribution in [0.15, 0.2) is 22.7 Å². The Hall–Kier alpha value is -2.94. The molecule has 4 N–H and O–H groups in total. The Kier molecular flexibility index (Phi) is 3.85. The Bertz CT molecular complexity index is 710. The van der Waals surface area contributed by atoms with Gasteiger partial charge in [-0.1, -0.05) is 5.16 Å². The summed E-state index contributed by atoms with van der Waals surface area (Å²) in [6, 6.07) is 3.81. The van der Waals surface area contributed by atoms with E-state index in [4.69, 9.17) is 10.4 Å². The molecule has 0 fully saturated rings. The number of hydrazine groups is 1. The zero-order valence-electron chi connectivity index (χ0n) is 11.3. The highest BCUT2D eigenvalue weighted by molar-refractivity contribution is 6.04. The lowest BCUT2D eigenvalue weighted by Crippen LogP contribution is -2.14. The van der Waals surface area contributed by atoms with Crippen LogP contribution in [0, 0.1) is 24.0 Å². The second-order valence-electron chi connectivity index (χ2n) is 4.31. The van der Waals surface area contributed by atoms with Crippen molar-refractivity contribution in [2.45, 2.75) is 13.8 Å². The summed E-state index contributed by atoms with van der Waals surface area (Å²) < 4.78 is 4.98. The predicted octanol–water partition coefficient (Wildman–Crippen LogP) is 1.74.